The second kappa shape index (κ2) is 9.71. The lowest BCUT2D eigenvalue weighted by atomic mass is 10.0. The maximum atomic E-state index is 13.8. The smallest absolute Gasteiger partial charge is 0.278 e. The van der Waals surface area contributed by atoms with Crippen LogP contribution in [0.4, 0.5) is 5.69 Å². The molecule has 190 valence electrons. The van der Waals surface area contributed by atoms with E-state index in [9.17, 15) is 9.59 Å². The van der Waals surface area contributed by atoms with Gasteiger partial charge in [0.2, 0.25) is 11.8 Å². The van der Waals surface area contributed by atoms with Crippen LogP contribution in [0, 0.1) is 13.8 Å². The summed E-state index contributed by atoms with van der Waals surface area (Å²) in [4.78, 5) is 27.0. The predicted molar refractivity (Wildman–Crippen MR) is 142 cm³/mol. The van der Waals surface area contributed by atoms with Crippen LogP contribution in [0.15, 0.2) is 59.4 Å². The van der Waals surface area contributed by atoms with Crippen LogP contribution in [-0.2, 0) is 17.8 Å². The molecule has 1 aromatic heterocycles. The van der Waals surface area contributed by atoms with Gasteiger partial charge in [-0.2, -0.15) is 0 Å². The normalized spacial score (nSPS) is 11.8. The number of carbonyl (C=O) groups excluding carboxylic acids is 1. The molecule has 0 spiro atoms. The average Bonchev–Trinajstić information content (AvgIpc) is 3.12. The van der Waals surface area contributed by atoms with Crippen molar-refractivity contribution in [2.24, 2.45) is 0 Å². The van der Waals surface area contributed by atoms with E-state index in [1.165, 1.54) is 11.8 Å². The third kappa shape index (κ3) is 4.44. The summed E-state index contributed by atoms with van der Waals surface area (Å²) in [6, 6.07) is 16.3. The topological polar surface area (TPSA) is 83.7 Å². The molecule has 1 amide bonds. The molecule has 8 nitrogen and oxygen atoms in total. The molecule has 0 radical (unpaired) electrons. The molecule has 1 aliphatic rings. The minimum absolute atomic E-state index is 0.175. The average molecular weight is 520 g/mol. The standard InChI is InChI=1S/C28H26ClN3O5/c1-16-8-10-22(17(2)12-16)32-27(34)20-13-18-6-5-7-24(36-4)26(18)37-28(20)31(32)15-25(33)30-19-9-11-23(35-3)21(29)14-19/h5-12,14H,13,15H2,1-4H3,(H,30,33). The Labute approximate surface area is 218 Å². The van der Waals surface area contributed by atoms with E-state index in [0.717, 1.165) is 16.7 Å². The van der Waals surface area contributed by atoms with Gasteiger partial charge in [-0.15, -0.1) is 0 Å². The molecule has 0 unspecified atom stereocenters. The molecule has 4 aromatic rings. The molecule has 5 rings (SSSR count). The monoisotopic (exact) mass is 519 g/mol. The number of amides is 1. The van der Waals surface area contributed by atoms with Gasteiger partial charge < -0.3 is 19.5 Å². The van der Waals surface area contributed by atoms with Crippen LogP contribution in [0.3, 0.4) is 0 Å². The highest BCUT2D eigenvalue weighted by Crippen LogP contribution is 2.42. The summed E-state index contributed by atoms with van der Waals surface area (Å²) in [6.07, 6.45) is 0.355. The number of hydrogen-bond donors (Lipinski definition) is 1. The minimum atomic E-state index is -0.355. The Kier molecular flexibility index (Phi) is 6.43. The number of anilines is 1. The number of methoxy groups -OCH3 is 2. The number of rotatable bonds is 6. The molecule has 0 bridgehead atoms. The number of nitrogens with zero attached hydrogens (tertiary/aromatic N) is 2. The quantitative estimate of drug-likeness (QED) is 0.331. The lowest BCUT2D eigenvalue weighted by molar-refractivity contribution is -0.117. The van der Waals surface area contributed by atoms with E-state index in [1.54, 1.807) is 36.1 Å². The predicted octanol–water partition coefficient (Wildman–Crippen LogP) is 5.26. The maximum absolute atomic E-state index is 13.8. The molecule has 2 heterocycles. The van der Waals surface area contributed by atoms with Crippen molar-refractivity contribution in [3.05, 3.63) is 92.2 Å². The van der Waals surface area contributed by atoms with Crippen molar-refractivity contribution >= 4 is 23.2 Å². The van der Waals surface area contributed by atoms with Crippen LogP contribution >= 0.6 is 11.6 Å². The lowest BCUT2D eigenvalue weighted by Gasteiger charge is -2.21. The van der Waals surface area contributed by atoms with E-state index in [1.807, 2.05) is 44.2 Å². The zero-order valence-electron chi connectivity index (χ0n) is 20.9. The van der Waals surface area contributed by atoms with Gasteiger partial charge in [0.1, 0.15) is 12.3 Å². The maximum Gasteiger partial charge on any atom is 0.278 e. The molecule has 3 aromatic carbocycles. The van der Waals surface area contributed by atoms with Gasteiger partial charge in [-0.25, -0.2) is 9.36 Å². The van der Waals surface area contributed by atoms with E-state index < -0.39 is 0 Å². The van der Waals surface area contributed by atoms with E-state index in [0.29, 0.717) is 51.5 Å². The zero-order valence-corrected chi connectivity index (χ0v) is 21.7. The zero-order chi connectivity index (χ0) is 26.3. The molecule has 0 aliphatic carbocycles. The number of nitrogens with one attached hydrogen (secondary N) is 1. The first kappa shape index (κ1) is 24.5. The van der Waals surface area contributed by atoms with Crippen molar-refractivity contribution in [2.45, 2.75) is 26.8 Å². The number of fused-ring (bicyclic) bond motifs is 2. The summed E-state index contributed by atoms with van der Waals surface area (Å²) in [5.74, 6) is 1.55. The number of halogens is 1. The van der Waals surface area contributed by atoms with Crippen LogP contribution in [0.25, 0.3) is 5.69 Å². The van der Waals surface area contributed by atoms with Gasteiger partial charge in [-0.05, 0) is 49.7 Å². The van der Waals surface area contributed by atoms with Crippen molar-refractivity contribution in [1.29, 1.82) is 0 Å². The molecule has 37 heavy (non-hydrogen) atoms. The van der Waals surface area contributed by atoms with Crippen molar-refractivity contribution in [1.82, 2.24) is 9.36 Å². The largest absolute Gasteiger partial charge is 0.495 e. The number of benzene rings is 3. The van der Waals surface area contributed by atoms with Gasteiger partial charge in [-0.1, -0.05) is 41.4 Å². The Morgan fingerprint density at radius 1 is 1.05 bits per heavy atom. The Morgan fingerprint density at radius 3 is 2.54 bits per heavy atom. The fraction of sp³-hybridized carbons (Fsp3) is 0.214. The van der Waals surface area contributed by atoms with Crippen LogP contribution in [0.2, 0.25) is 5.02 Å². The third-order valence-electron chi connectivity index (χ3n) is 6.34. The van der Waals surface area contributed by atoms with Gasteiger partial charge in [-0.3, -0.25) is 9.59 Å². The van der Waals surface area contributed by atoms with E-state index in [4.69, 9.17) is 25.8 Å². The number of para-hydroxylation sites is 1. The fourth-order valence-electron chi connectivity index (χ4n) is 4.61. The first-order valence-corrected chi connectivity index (χ1v) is 12.1. The molecule has 0 atom stereocenters. The van der Waals surface area contributed by atoms with E-state index >= 15 is 0 Å². The van der Waals surface area contributed by atoms with Crippen LogP contribution in [0.5, 0.6) is 23.1 Å². The summed E-state index contributed by atoms with van der Waals surface area (Å²) in [5, 5.41) is 3.22. The summed E-state index contributed by atoms with van der Waals surface area (Å²) in [6.45, 7) is 3.75. The molecular weight excluding hydrogens is 494 g/mol. The van der Waals surface area contributed by atoms with Crippen LogP contribution in [-0.4, -0.2) is 29.5 Å². The van der Waals surface area contributed by atoms with Gasteiger partial charge >= 0.3 is 0 Å². The summed E-state index contributed by atoms with van der Waals surface area (Å²) in [5.41, 5.74) is 4.22. The number of ether oxygens (including phenoxy) is 3. The van der Waals surface area contributed by atoms with E-state index in [2.05, 4.69) is 5.32 Å². The van der Waals surface area contributed by atoms with Gasteiger partial charge in [0, 0.05) is 17.7 Å². The molecule has 0 fully saturated rings. The van der Waals surface area contributed by atoms with Crippen LogP contribution in [0.1, 0.15) is 22.3 Å². The van der Waals surface area contributed by atoms with Gasteiger partial charge in [0.05, 0.1) is 30.5 Å². The van der Waals surface area contributed by atoms with E-state index in [-0.39, 0.29) is 18.0 Å². The highest BCUT2D eigenvalue weighted by atomic mass is 35.5. The van der Waals surface area contributed by atoms with Gasteiger partial charge in [0.15, 0.2) is 11.5 Å². The number of aryl methyl sites for hydroxylation is 2. The van der Waals surface area contributed by atoms with Crippen molar-refractivity contribution in [3.63, 3.8) is 0 Å². The van der Waals surface area contributed by atoms with Crippen LogP contribution < -0.4 is 25.1 Å². The first-order chi connectivity index (χ1) is 17.8. The molecule has 0 saturated carbocycles. The van der Waals surface area contributed by atoms with Crippen molar-refractivity contribution < 1.29 is 19.0 Å². The second-order valence-corrected chi connectivity index (χ2v) is 9.28. The molecule has 1 aliphatic heterocycles. The highest BCUT2D eigenvalue weighted by molar-refractivity contribution is 6.32. The first-order valence-electron chi connectivity index (χ1n) is 11.7. The highest BCUT2D eigenvalue weighted by Gasteiger charge is 2.31. The Bertz CT molecular complexity index is 1590. The number of carbonyl (C=O) groups is 1. The number of aromatic nitrogens is 2. The van der Waals surface area contributed by atoms with Gasteiger partial charge in [0.25, 0.3) is 5.56 Å². The Morgan fingerprint density at radius 2 is 1.84 bits per heavy atom. The van der Waals surface area contributed by atoms with Crippen molar-refractivity contribution in [3.8, 4) is 28.8 Å². The third-order valence-corrected chi connectivity index (χ3v) is 6.64. The minimum Gasteiger partial charge on any atom is -0.495 e. The fourth-order valence-corrected chi connectivity index (χ4v) is 4.87. The lowest BCUT2D eigenvalue weighted by Crippen LogP contribution is -2.28. The van der Waals surface area contributed by atoms with Crippen molar-refractivity contribution in [2.75, 3.05) is 19.5 Å². The second-order valence-electron chi connectivity index (χ2n) is 8.87. The SMILES string of the molecule is COc1ccc(NC(=O)Cn2c3c(c(=O)n2-c2ccc(C)cc2C)Cc2cccc(OC)c2O3)cc1Cl. The number of hydrogen-bond acceptors (Lipinski definition) is 5. The summed E-state index contributed by atoms with van der Waals surface area (Å²) < 4.78 is 20.0. The summed E-state index contributed by atoms with van der Waals surface area (Å²) in [7, 11) is 3.09. The Balaban J connectivity index is 1.59. The summed E-state index contributed by atoms with van der Waals surface area (Å²) >= 11 is 6.22. The molecule has 1 N–H and O–H groups in total. The molecule has 0 saturated heterocycles. The Hall–Kier alpha value is -4.17. The molecule has 9 heteroatoms. The molecular formula is C28H26ClN3O5.